The summed E-state index contributed by atoms with van der Waals surface area (Å²) in [6.45, 7) is 3.20. The lowest BCUT2D eigenvalue weighted by atomic mass is 10.1. The fourth-order valence-corrected chi connectivity index (χ4v) is 3.85. The molecule has 0 atom stereocenters. The first kappa shape index (κ1) is 18.4. The highest BCUT2D eigenvalue weighted by Gasteiger charge is 2.26. The van der Waals surface area contributed by atoms with Gasteiger partial charge in [0.2, 0.25) is 0 Å². The van der Waals surface area contributed by atoms with Crippen molar-refractivity contribution in [3.05, 3.63) is 69.6 Å². The Bertz CT molecular complexity index is 906. The third-order valence-electron chi connectivity index (χ3n) is 4.53. The van der Waals surface area contributed by atoms with Crippen LogP contribution in [0.5, 0.6) is 11.5 Å². The van der Waals surface area contributed by atoms with Gasteiger partial charge in [-0.1, -0.05) is 45.2 Å². The minimum Gasteiger partial charge on any atom is -0.453 e. The van der Waals surface area contributed by atoms with Crippen LogP contribution in [0.4, 0.5) is 22.7 Å². The van der Waals surface area contributed by atoms with Crippen LogP contribution in [0.1, 0.15) is 19.8 Å². The van der Waals surface area contributed by atoms with Crippen molar-refractivity contribution in [2.45, 2.75) is 19.8 Å². The maximum atomic E-state index is 6.17. The summed E-state index contributed by atoms with van der Waals surface area (Å²) >= 11 is 7.09. The Morgan fingerprint density at radius 1 is 0.852 bits per heavy atom. The molecule has 5 heteroatoms. The van der Waals surface area contributed by atoms with Gasteiger partial charge in [0.15, 0.2) is 11.5 Å². The highest BCUT2D eigenvalue weighted by atomic mass is 79.9. The highest BCUT2D eigenvalue weighted by molar-refractivity contribution is 9.10. The van der Waals surface area contributed by atoms with Gasteiger partial charge in [0.05, 0.1) is 11.4 Å². The largest absolute Gasteiger partial charge is 0.453 e. The molecule has 3 nitrogen and oxygen atoms in total. The van der Waals surface area contributed by atoms with Crippen molar-refractivity contribution in [2.24, 2.45) is 0 Å². The van der Waals surface area contributed by atoms with Crippen molar-refractivity contribution in [2.75, 3.05) is 16.8 Å². The van der Waals surface area contributed by atoms with Gasteiger partial charge in [-0.3, -0.25) is 0 Å². The summed E-state index contributed by atoms with van der Waals surface area (Å²) in [5, 5.41) is 3.47. The van der Waals surface area contributed by atoms with Gasteiger partial charge in [-0.2, -0.15) is 0 Å². The zero-order valence-electron chi connectivity index (χ0n) is 15.0. The summed E-state index contributed by atoms with van der Waals surface area (Å²) in [5.74, 6) is 1.67. The van der Waals surface area contributed by atoms with E-state index in [1.54, 1.807) is 0 Å². The van der Waals surface area contributed by atoms with Gasteiger partial charge in [0.1, 0.15) is 0 Å². The summed E-state index contributed by atoms with van der Waals surface area (Å²) in [6.07, 6.45) is 2.37. The van der Waals surface area contributed by atoms with Crippen LogP contribution >= 0.6 is 31.9 Å². The normalized spacial score (nSPS) is 12.2. The Morgan fingerprint density at radius 3 is 2.00 bits per heavy atom. The van der Waals surface area contributed by atoms with E-state index in [9.17, 15) is 0 Å². The SMILES string of the molecule is CCCCNc1ccc(N2c3ccc(Br)cc3Oc3cc(Br)ccc32)cc1. The predicted molar refractivity (Wildman–Crippen MR) is 120 cm³/mol. The van der Waals surface area contributed by atoms with E-state index in [1.165, 1.54) is 12.8 Å². The van der Waals surface area contributed by atoms with E-state index in [0.717, 1.165) is 49.7 Å². The van der Waals surface area contributed by atoms with Crippen molar-refractivity contribution in [3.8, 4) is 11.5 Å². The zero-order chi connectivity index (χ0) is 18.8. The third-order valence-corrected chi connectivity index (χ3v) is 5.52. The van der Waals surface area contributed by atoms with Crippen molar-refractivity contribution in [1.29, 1.82) is 0 Å². The van der Waals surface area contributed by atoms with E-state index in [4.69, 9.17) is 4.74 Å². The molecule has 3 aromatic rings. The third kappa shape index (κ3) is 3.85. The lowest BCUT2D eigenvalue weighted by Gasteiger charge is -2.33. The molecule has 0 amide bonds. The number of hydrogen-bond acceptors (Lipinski definition) is 3. The van der Waals surface area contributed by atoms with Gasteiger partial charge in [0, 0.05) is 26.9 Å². The summed E-state index contributed by atoms with van der Waals surface area (Å²) in [4.78, 5) is 2.24. The fraction of sp³-hybridized carbons (Fsp3) is 0.182. The van der Waals surface area contributed by atoms with E-state index in [-0.39, 0.29) is 0 Å². The minimum atomic E-state index is 0.833. The first-order valence-electron chi connectivity index (χ1n) is 9.07. The predicted octanol–water partition coefficient (Wildman–Crippen LogP) is 8.00. The van der Waals surface area contributed by atoms with Crippen LogP contribution in [0.2, 0.25) is 0 Å². The van der Waals surface area contributed by atoms with Crippen LogP contribution in [0.15, 0.2) is 69.6 Å². The number of rotatable bonds is 5. The second-order valence-corrected chi connectivity index (χ2v) is 8.32. The molecule has 3 aromatic carbocycles. The lowest BCUT2D eigenvalue weighted by Crippen LogP contribution is -2.15. The number of nitrogens with one attached hydrogen (secondary N) is 1. The summed E-state index contributed by atoms with van der Waals surface area (Å²) in [6, 6.07) is 20.8. The summed E-state index contributed by atoms with van der Waals surface area (Å²) < 4.78 is 8.16. The number of nitrogens with zero attached hydrogens (tertiary/aromatic N) is 1. The van der Waals surface area contributed by atoms with Crippen LogP contribution in [-0.4, -0.2) is 6.54 Å². The Morgan fingerprint density at radius 2 is 1.44 bits per heavy atom. The van der Waals surface area contributed by atoms with Crippen LogP contribution in [-0.2, 0) is 0 Å². The minimum absolute atomic E-state index is 0.833. The molecular weight excluding hydrogens is 468 g/mol. The lowest BCUT2D eigenvalue weighted by molar-refractivity contribution is 0.476. The van der Waals surface area contributed by atoms with Crippen molar-refractivity contribution in [3.63, 3.8) is 0 Å². The Balaban J connectivity index is 1.73. The molecule has 0 aromatic heterocycles. The zero-order valence-corrected chi connectivity index (χ0v) is 18.2. The number of unbranched alkanes of at least 4 members (excludes halogenated alkanes) is 1. The second-order valence-electron chi connectivity index (χ2n) is 6.49. The Labute approximate surface area is 176 Å². The Hall–Kier alpha value is -1.98. The molecule has 0 saturated carbocycles. The molecular formula is C22H20Br2N2O. The average Bonchev–Trinajstić information content (AvgIpc) is 2.67. The monoisotopic (exact) mass is 486 g/mol. The maximum Gasteiger partial charge on any atom is 0.152 e. The van der Waals surface area contributed by atoms with Crippen molar-refractivity contribution < 1.29 is 4.74 Å². The van der Waals surface area contributed by atoms with Gasteiger partial charge < -0.3 is 15.0 Å². The summed E-state index contributed by atoms with van der Waals surface area (Å²) in [5.41, 5.74) is 4.30. The van der Waals surface area contributed by atoms with E-state index in [2.05, 4.69) is 85.4 Å². The molecule has 27 heavy (non-hydrogen) atoms. The molecule has 1 aliphatic heterocycles. The Kier molecular flexibility index (Phi) is 5.41. The van der Waals surface area contributed by atoms with E-state index in [1.807, 2.05) is 24.3 Å². The first-order chi connectivity index (χ1) is 13.2. The van der Waals surface area contributed by atoms with Crippen LogP contribution in [0.25, 0.3) is 0 Å². The quantitative estimate of drug-likeness (QED) is 0.288. The molecule has 4 rings (SSSR count). The van der Waals surface area contributed by atoms with Gasteiger partial charge in [-0.05, 0) is 67.1 Å². The number of fused-ring (bicyclic) bond motifs is 2. The molecule has 1 heterocycles. The van der Waals surface area contributed by atoms with E-state index in [0.29, 0.717) is 0 Å². The van der Waals surface area contributed by atoms with Gasteiger partial charge in [-0.25, -0.2) is 0 Å². The number of hydrogen-bond donors (Lipinski definition) is 1. The number of ether oxygens (including phenoxy) is 1. The fourth-order valence-electron chi connectivity index (χ4n) is 3.17. The van der Waals surface area contributed by atoms with Crippen LogP contribution in [0.3, 0.4) is 0 Å². The molecule has 1 aliphatic rings. The van der Waals surface area contributed by atoms with Gasteiger partial charge in [0.25, 0.3) is 0 Å². The summed E-state index contributed by atoms with van der Waals surface area (Å²) in [7, 11) is 0. The highest BCUT2D eigenvalue weighted by Crippen LogP contribution is 2.51. The van der Waals surface area contributed by atoms with Crippen molar-refractivity contribution in [1.82, 2.24) is 0 Å². The molecule has 0 radical (unpaired) electrons. The van der Waals surface area contributed by atoms with Gasteiger partial charge in [-0.15, -0.1) is 0 Å². The van der Waals surface area contributed by atoms with E-state index < -0.39 is 0 Å². The van der Waals surface area contributed by atoms with Gasteiger partial charge >= 0.3 is 0 Å². The number of benzene rings is 3. The molecule has 0 aliphatic carbocycles. The number of anilines is 4. The first-order valence-corrected chi connectivity index (χ1v) is 10.7. The van der Waals surface area contributed by atoms with Crippen LogP contribution in [0, 0.1) is 0 Å². The smallest absolute Gasteiger partial charge is 0.152 e. The second kappa shape index (κ2) is 7.95. The molecule has 0 unspecified atom stereocenters. The maximum absolute atomic E-state index is 6.17. The number of halogens is 2. The van der Waals surface area contributed by atoms with Crippen molar-refractivity contribution >= 4 is 54.6 Å². The molecule has 138 valence electrons. The molecule has 0 saturated heterocycles. The average molecular weight is 488 g/mol. The topological polar surface area (TPSA) is 24.5 Å². The molecule has 1 N–H and O–H groups in total. The van der Waals surface area contributed by atoms with E-state index >= 15 is 0 Å². The molecule has 0 bridgehead atoms. The standard InChI is InChI=1S/C22H20Br2N2O/c1-2-3-12-25-17-6-8-18(9-7-17)26-19-10-4-15(23)13-21(19)27-22-14-16(24)5-11-20(22)26/h4-11,13-14,25H,2-3,12H2,1H3. The molecule has 0 spiro atoms. The van der Waals surface area contributed by atoms with Crippen LogP contribution < -0.4 is 15.0 Å². The molecule has 0 fully saturated rings.